The first-order chi connectivity index (χ1) is 20.4. The number of amides is 2. The smallest absolute Gasteiger partial charge is 0.255 e. The number of allylic oxidation sites excluding steroid dienone is 1. The predicted molar refractivity (Wildman–Crippen MR) is 156 cm³/mol. The average molecular weight is 566 g/mol. The van der Waals surface area contributed by atoms with Gasteiger partial charge >= 0.3 is 0 Å². The first-order valence-electron chi connectivity index (χ1n) is 14.2. The van der Waals surface area contributed by atoms with Crippen molar-refractivity contribution in [3.8, 4) is 11.8 Å². The number of ether oxygens (including phenoxy) is 1. The number of carbonyl (C=O) groups is 2. The van der Waals surface area contributed by atoms with Gasteiger partial charge in [0.15, 0.2) is 0 Å². The molecule has 0 spiro atoms. The number of rotatable bonds is 7. The minimum absolute atomic E-state index is 0.143. The lowest BCUT2D eigenvalue weighted by Crippen LogP contribution is -2.49. The molecule has 3 aliphatic heterocycles. The average Bonchev–Trinajstić information content (AvgIpc) is 3.33. The maximum Gasteiger partial charge on any atom is 0.255 e. The number of hydrogen-bond acceptors (Lipinski definition) is 6. The van der Waals surface area contributed by atoms with Gasteiger partial charge in [0.2, 0.25) is 5.91 Å². The lowest BCUT2D eigenvalue weighted by atomic mass is 10.0. The standard InChI is InChI=1S/C33H32FN5O3/c1-22-5-11-30(32(40)36-22)39-20-27-26(33(39)41)3-2-4-31(27)42-21-24-8-6-23(7-9-24)19-37-13-15-38(16-14-37)29-12-10-25(18-35)17-28(29)34/h2-4,6-10,12,17,30H,1,5,11,13-16,19-21H2,(H,36,40)/t30-/m0/s1. The van der Waals surface area contributed by atoms with Gasteiger partial charge in [-0.15, -0.1) is 0 Å². The number of fused-ring (bicyclic) bond motifs is 1. The third kappa shape index (κ3) is 5.58. The van der Waals surface area contributed by atoms with E-state index >= 15 is 0 Å². The molecule has 8 nitrogen and oxygen atoms in total. The molecule has 2 saturated heterocycles. The highest BCUT2D eigenvalue weighted by Gasteiger charge is 2.39. The van der Waals surface area contributed by atoms with Gasteiger partial charge in [0.25, 0.3) is 5.91 Å². The van der Waals surface area contributed by atoms with Gasteiger partial charge in [-0.3, -0.25) is 14.5 Å². The largest absolute Gasteiger partial charge is 0.489 e. The lowest BCUT2D eigenvalue weighted by molar-refractivity contribution is -0.126. The Labute approximate surface area is 244 Å². The quantitative estimate of drug-likeness (QED) is 0.459. The van der Waals surface area contributed by atoms with Crippen LogP contribution in [0.3, 0.4) is 0 Å². The van der Waals surface area contributed by atoms with E-state index in [4.69, 9.17) is 10.00 Å². The zero-order valence-corrected chi connectivity index (χ0v) is 23.3. The van der Waals surface area contributed by atoms with E-state index in [0.717, 1.165) is 43.9 Å². The molecular weight excluding hydrogens is 533 g/mol. The zero-order chi connectivity index (χ0) is 29.2. The van der Waals surface area contributed by atoms with Crippen LogP contribution in [0.25, 0.3) is 0 Å². The van der Waals surface area contributed by atoms with Crippen molar-refractivity contribution in [2.45, 2.75) is 38.6 Å². The molecule has 2 amide bonds. The highest BCUT2D eigenvalue weighted by Crippen LogP contribution is 2.34. The number of piperidine rings is 1. The van der Waals surface area contributed by atoms with Crippen LogP contribution < -0.4 is 15.0 Å². The van der Waals surface area contributed by atoms with Gasteiger partial charge in [-0.1, -0.05) is 36.9 Å². The van der Waals surface area contributed by atoms with Crippen LogP contribution in [0.4, 0.5) is 10.1 Å². The Morgan fingerprint density at radius 3 is 2.50 bits per heavy atom. The molecule has 2 fully saturated rings. The SMILES string of the molecule is C=C1CC[C@H](N2Cc3c(OCc4ccc(CN5CCN(c6ccc(C#N)cc6F)CC5)cc4)cccc3C2=O)C(=O)N1. The van der Waals surface area contributed by atoms with E-state index in [0.29, 0.717) is 54.3 Å². The second kappa shape index (κ2) is 11.7. The Morgan fingerprint density at radius 2 is 1.79 bits per heavy atom. The van der Waals surface area contributed by atoms with Crippen LogP contribution >= 0.6 is 0 Å². The van der Waals surface area contributed by atoms with Gasteiger partial charge in [0.1, 0.15) is 24.2 Å². The number of carbonyl (C=O) groups excluding carboxylic acids is 2. The molecule has 1 atom stereocenters. The number of halogens is 1. The number of nitrogens with one attached hydrogen (secondary N) is 1. The summed E-state index contributed by atoms with van der Waals surface area (Å²) in [6, 6.07) is 19.9. The minimum Gasteiger partial charge on any atom is -0.489 e. The van der Waals surface area contributed by atoms with E-state index < -0.39 is 6.04 Å². The molecule has 9 heteroatoms. The molecule has 3 aromatic rings. The number of hydrogen-bond donors (Lipinski definition) is 1. The van der Waals surface area contributed by atoms with Crippen LogP contribution in [0.15, 0.2) is 72.9 Å². The van der Waals surface area contributed by atoms with Crippen molar-refractivity contribution in [2.24, 2.45) is 0 Å². The number of nitriles is 1. The predicted octanol–water partition coefficient (Wildman–Crippen LogP) is 4.35. The molecule has 0 radical (unpaired) electrons. The molecule has 3 aliphatic rings. The van der Waals surface area contributed by atoms with Crippen molar-refractivity contribution < 1.29 is 18.7 Å². The van der Waals surface area contributed by atoms with E-state index in [2.05, 4.69) is 41.1 Å². The van der Waals surface area contributed by atoms with Crippen molar-refractivity contribution in [1.29, 1.82) is 5.26 Å². The fourth-order valence-electron chi connectivity index (χ4n) is 5.91. The van der Waals surface area contributed by atoms with Gasteiger partial charge in [0.05, 0.1) is 23.9 Å². The van der Waals surface area contributed by atoms with E-state index in [1.165, 1.54) is 11.6 Å². The molecule has 3 aromatic carbocycles. The van der Waals surface area contributed by atoms with Gasteiger partial charge in [-0.25, -0.2) is 4.39 Å². The Bertz CT molecular complexity index is 1570. The molecule has 6 rings (SSSR count). The summed E-state index contributed by atoms with van der Waals surface area (Å²) in [5, 5.41) is 11.7. The summed E-state index contributed by atoms with van der Waals surface area (Å²) in [6.07, 6.45) is 1.23. The van der Waals surface area contributed by atoms with Crippen LogP contribution in [0.1, 0.15) is 45.5 Å². The van der Waals surface area contributed by atoms with E-state index in [1.54, 1.807) is 23.1 Å². The van der Waals surface area contributed by atoms with Crippen molar-refractivity contribution in [3.05, 3.63) is 107 Å². The molecule has 3 heterocycles. The van der Waals surface area contributed by atoms with Crippen molar-refractivity contribution in [1.82, 2.24) is 15.1 Å². The van der Waals surface area contributed by atoms with Crippen molar-refractivity contribution in [3.63, 3.8) is 0 Å². The molecule has 0 bridgehead atoms. The molecule has 1 N–H and O–H groups in total. The summed E-state index contributed by atoms with van der Waals surface area (Å²) in [7, 11) is 0. The monoisotopic (exact) mass is 565 g/mol. The van der Waals surface area contributed by atoms with E-state index in [-0.39, 0.29) is 17.6 Å². The van der Waals surface area contributed by atoms with Gasteiger partial charge in [-0.2, -0.15) is 5.26 Å². The molecule has 0 aromatic heterocycles. The minimum atomic E-state index is -0.504. The van der Waals surface area contributed by atoms with Gasteiger partial charge < -0.3 is 19.9 Å². The first kappa shape index (κ1) is 27.5. The number of benzene rings is 3. The Morgan fingerprint density at radius 1 is 1.02 bits per heavy atom. The van der Waals surface area contributed by atoms with Crippen LogP contribution in [-0.4, -0.2) is 53.8 Å². The number of anilines is 1. The van der Waals surface area contributed by atoms with Crippen LogP contribution in [0, 0.1) is 17.1 Å². The van der Waals surface area contributed by atoms with Crippen LogP contribution in [-0.2, 0) is 24.5 Å². The van der Waals surface area contributed by atoms with Gasteiger partial charge in [-0.05, 0) is 54.3 Å². The third-order valence-corrected chi connectivity index (χ3v) is 8.26. The van der Waals surface area contributed by atoms with Crippen LogP contribution in [0.5, 0.6) is 5.75 Å². The normalized spacial score (nSPS) is 19.0. The molecule has 0 saturated carbocycles. The van der Waals surface area contributed by atoms with E-state index in [1.807, 2.05) is 23.1 Å². The maximum atomic E-state index is 14.4. The fraction of sp³-hybridized carbons (Fsp3) is 0.303. The Hall–Kier alpha value is -4.68. The topological polar surface area (TPSA) is 88.9 Å². The summed E-state index contributed by atoms with van der Waals surface area (Å²) < 4.78 is 20.6. The molecule has 0 unspecified atom stereocenters. The third-order valence-electron chi connectivity index (χ3n) is 8.26. The first-order valence-corrected chi connectivity index (χ1v) is 14.2. The Kier molecular flexibility index (Phi) is 7.64. The molecule has 0 aliphatic carbocycles. The molecule has 42 heavy (non-hydrogen) atoms. The number of piperazine rings is 1. The summed E-state index contributed by atoms with van der Waals surface area (Å²) in [5.41, 5.74) is 5.17. The number of nitrogens with zero attached hydrogens (tertiary/aromatic N) is 4. The summed E-state index contributed by atoms with van der Waals surface area (Å²) in [4.78, 5) is 31.6. The van der Waals surface area contributed by atoms with Crippen molar-refractivity contribution >= 4 is 17.5 Å². The summed E-state index contributed by atoms with van der Waals surface area (Å²) in [5.74, 6) is -0.0232. The summed E-state index contributed by atoms with van der Waals surface area (Å²) >= 11 is 0. The second-order valence-electron chi connectivity index (χ2n) is 11.0. The summed E-state index contributed by atoms with van der Waals surface area (Å²) in [6.45, 7) is 8.41. The van der Waals surface area contributed by atoms with Crippen molar-refractivity contribution in [2.75, 3.05) is 31.1 Å². The second-order valence-corrected chi connectivity index (χ2v) is 11.0. The highest BCUT2D eigenvalue weighted by molar-refractivity contribution is 6.02. The highest BCUT2D eigenvalue weighted by atomic mass is 19.1. The van der Waals surface area contributed by atoms with Crippen LogP contribution in [0.2, 0.25) is 0 Å². The zero-order valence-electron chi connectivity index (χ0n) is 23.3. The van der Waals surface area contributed by atoms with Gasteiger partial charge in [0, 0.05) is 49.5 Å². The molecular formula is C33H32FN5O3. The fourth-order valence-corrected chi connectivity index (χ4v) is 5.91. The molecule has 214 valence electrons. The Balaban J connectivity index is 1.02. The maximum absolute atomic E-state index is 14.4. The van der Waals surface area contributed by atoms with E-state index in [9.17, 15) is 14.0 Å². The lowest BCUT2D eigenvalue weighted by Gasteiger charge is -2.36.